The zero-order chi connectivity index (χ0) is 37.0. The summed E-state index contributed by atoms with van der Waals surface area (Å²) in [5.41, 5.74) is -2.43. The first-order chi connectivity index (χ1) is 23.4. The molecule has 50 heavy (non-hydrogen) atoms. The third-order valence-corrected chi connectivity index (χ3v) is 8.16. The number of likely N-dealkylation sites (tertiary alicyclic amines) is 1. The van der Waals surface area contributed by atoms with E-state index in [1.807, 2.05) is 0 Å². The van der Waals surface area contributed by atoms with Gasteiger partial charge in [0, 0.05) is 12.5 Å². The van der Waals surface area contributed by atoms with Crippen LogP contribution in [0.1, 0.15) is 52.1 Å². The number of benzene rings is 1. The molecule has 4 rings (SSSR count). The van der Waals surface area contributed by atoms with Gasteiger partial charge in [-0.1, -0.05) is 33.4 Å². The molecule has 1 saturated heterocycles. The third-order valence-electron chi connectivity index (χ3n) is 8.16. The number of rotatable bonds is 12. The maximum absolute atomic E-state index is 15.1. The number of methoxy groups -OCH3 is 1. The molecular weight excluding hydrogens is 675 g/mol. The number of ether oxygens (including phenoxy) is 5. The van der Waals surface area contributed by atoms with Crippen LogP contribution in [0.25, 0.3) is 11.0 Å². The monoisotopic (exact) mass is 714 g/mol. The van der Waals surface area contributed by atoms with Gasteiger partial charge >= 0.3 is 24.3 Å². The van der Waals surface area contributed by atoms with E-state index in [1.54, 1.807) is 26.8 Å². The van der Waals surface area contributed by atoms with E-state index in [0.29, 0.717) is 12.8 Å². The first-order valence-corrected chi connectivity index (χ1v) is 15.7. The first-order valence-electron chi connectivity index (χ1n) is 15.7. The SMILES string of the molecule is C=CCOC1CCCC1OC(=O)NC(C(=O)N1CC(Oc2nc3ccc(OC(F)(F)F)cc3nc2C(F)(F)C=C)CC1C(=O)OC)C(C)(C)C. The largest absolute Gasteiger partial charge is 0.573 e. The average Bonchev–Trinajstić information content (AvgIpc) is 3.67. The number of nitrogens with zero attached hydrogens (tertiary/aromatic N) is 3. The van der Waals surface area contributed by atoms with Crippen LogP contribution in [-0.2, 0) is 29.7 Å². The minimum absolute atomic E-state index is 0.108. The van der Waals surface area contributed by atoms with Crippen molar-refractivity contribution in [2.75, 3.05) is 20.3 Å². The van der Waals surface area contributed by atoms with Gasteiger partial charge in [0.05, 0.1) is 37.4 Å². The smallest absolute Gasteiger partial charge is 0.471 e. The topological polar surface area (TPSA) is 138 Å². The minimum atomic E-state index is -5.04. The van der Waals surface area contributed by atoms with E-state index in [9.17, 15) is 27.6 Å². The molecule has 1 aromatic carbocycles. The van der Waals surface area contributed by atoms with Gasteiger partial charge in [0.15, 0.2) is 5.69 Å². The van der Waals surface area contributed by atoms with Gasteiger partial charge in [-0.15, -0.1) is 19.8 Å². The molecule has 1 saturated carbocycles. The van der Waals surface area contributed by atoms with Crippen molar-refractivity contribution in [3.05, 3.63) is 49.2 Å². The highest BCUT2D eigenvalue weighted by Crippen LogP contribution is 2.38. The number of carbonyl (C=O) groups is 3. The Kier molecular flexibility index (Phi) is 11.6. The molecule has 12 nitrogen and oxygen atoms in total. The van der Waals surface area contributed by atoms with Crippen molar-refractivity contribution < 1.29 is 60.0 Å². The van der Waals surface area contributed by atoms with Crippen molar-refractivity contribution in [2.45, 2.75) is 89.1 Å². The Labute approximate surface area is 284 Å². The molecule has 0 spiro atoms. The summed E-state index contributed by atoms with van der Waals surface area (Å²) in [6.07, 6.45) is -4.28. The lowest BCUT2D eigenvalue weighted by molar-refractivity contribution is -0.274. The number of hydrogen-bond donors (Lipinski definition) is 1. The lowest BCUT2D eigenvalue weighted by atomic mass is 9.85. The summed E-state index contributed by atoms with van der Waals surface area (Å²) >= 11 is 0. The van der Waals surface area contributed by atoms with Crippen molar-refractivity contribution in [1.82, 2.24) is 20.2 Å². The van der Waals surface area contributed by atoms with Crippen LogP contribution in [0.4, 0.5) is 26.7 Å². The number of carbonyl (C=O) groups excluding carboxylic acids is 3. The maximum Gasteiger partial charge on any atom is 0.573 e. The molecule has 1 N–H and O–H groups in total. The number of nitrogens with one attached hydrogen (secondary N) is 1. The van der Waals surface area contributed by atoms with E-state index in [0.717, 1.165) is 36.6 Å². The van der Waals surface area contributed by atoms with Gasteiger partial charge < -0.3 is 33.9 Å². The van der Waals surface area contributed by atoms with Crippen molar-refractivity contribution in [3.8, 4) is 11.6 Å². The van der Waals surface area contributed by atoms with Crippen molar-refractivity contribution in [1.29, 1.82) is 0 Å². The maximum atomic E-state index is 15.1. The molecule has 1 aliphatic carbocycles. The van der Waals surface area contributed by atoms with Crippen LogP contribution < -0.4 is 14.8 Å². The number of allylic oxidation sites excluding steroid dienone is 1. The van der Waals surface area contributed by atoms with Gasteiger partial charge in [-0.05, 0) is 42.9 Å². The van der Waals surface area contributed by atoms with E-state index in [1.165, 1.54) is 0 Å². The fourth-order valence-corrected chi connectivity index (χ4v) is 5.77. The van der Waals surface area contributed by atoms with Crippen LogP contribution in [0.3, 0.4) is 0 Å². The van der Waals surface area contributed by atoms with Crippen LogP contribution in [0.5, 0.6) is 11.6 Å². The van der Waals surface area contributed by atoms with E-state index in [-0.39, 0.29) is 42.8 Å². The number of esters is 1. The van der Waals surface area contributed by atoms with Gasteiger partial charge in [0.1, 0.15) is 30.0 Å². The highest BCUT2D eigenvalue weighted by molar-refractivity contribution is 5.91. The second-order valence-corrected chi connectivity index (χ2v) is 12.9. The lowest BCUT2D eigenvalue weighted by Gasteiger charge is -2.35. The van der Waals surface area contributed by atoms with Gasteiger partial charge in [-0.25, -0.2) is 19.6 Å². The summed E-state index contributed by atoms with van der Waals surface area (Å²) in [7, 11) is 1.11. The van der Waals surface area contributed by atoms with Gasteiger partial charge in [-0.2, -0.15) is 8.78 Å². The van der Waals surface area contributed by atoms with Crippen molar-refractivity contribution >= 4 is 29.0 Å². The Hall–Kier alpha value is -4.54. The molecule has 2 fully saturated rings. The van der Waals surface area contributed by atoms with Gasteiger partial charge in [-0.3, -0.25) is 4.79 Å². The summed E-state index contributed by atoms with van der Waals surface area (Å²) in [5, 5.41) is 2.62. The summed E-state index contributed by atoms with van der Waals surface area (Å²) in [4.78, 5) is 49.1. The quantitative estimate of drug-likeness (QED) is 0.168. The molecule has 274 valence electrons. The fraction of sp³-hybridized carbons (Fsp3) is 0.545. The normalized spacial score (nSPS) is 21.7. The molecule has 1 aromatic heterocycles. The lowest BCUT2D eigenvalue weighted by Crippen LogP contribution is -2.57. The predicted molar refractivity (Wildman–Crippen MR) is 167 cm³/mol. The van der Waals surface area contributed by atoms with E-state index in [2.05, 4.69) is 33.2 Å². The number of halogens is 5. The van der Waals surface area contributed by atoms with Crippen LogP contribution >= 0.6 is 0 Å². The Balaban J connectivity index is 1.60. The number of hydrogen-bond acceptors (Lipinski definition) is 10. The summed E-state index contributed by atoms with van der Waals surface area (Å²) in [5.74, 6) is -6.79. The van der Waals surface area contributed by atoms with Crippen molar-refractivity contribution in [2.24, 2.45) is 5.41 Å². The molecule has 2 amide bonds. The zero-order valence-electron chi connectivity index (χ0n) is 27.9. The average molecular weight is 715 g/mol. The Morgan fingerprint density at radius 3 is 2.38 bits per heavy atom. The van der Waals surface area contributed by atoms with E-state index < -0.39 is 77.3 Å². The second kappa shape index (κ2) is 15.1. The molecule has 2 aromatic rings. The summed E-state index contributed by atoms with van der Waals surface area (Å²) in [6, 6.07) is 0.326. The Morgan fingerprint density at radius 2 is 1.76 bits per heavy atom. The molecule has 0 radical (unpaired) electrons. The van der Waals surface area contributed by atoms with Crippen LogP contribution in [0.15, 0.2) is 43.5 Å². The van der Waals surface area contributed by atoms with Gasteiger partial charge in [0.2, 0.25) is 11.8 Å². The van der Waals surface area contributed by atoms with E-state index >= 15 is 8.78 Å². The standard InChI is InChI=1S/C33H39F5N4O8/c1-7-14-47-23-10-9-11-24(23)49-30(45)41-26(31(3,4)5)28(43)42-17-19(16-22(42)29(44)46-6)48-27-25(32(34,35)8-2)39-21-15-18(50-33(36,37)38)12-13-20(21)40-27/h7-8,12-13,15,19,22-24,26H,1-2,9-11,14,16-17H2,3-6H3,(H,41,45). The molecule has 17 heteroatoms. The third kappa shape index (κ3) is 9.17. The minimum Gasteiger partial charge on any atom is -0.471 e. The molecule has 5 unspecified atom stereocenters. The Bertz CT molecular complexity index is 1600. The zero-order valence-corrected chi connectivity index (χ0v) is 27.9. The van der Waals surface area contributed by atoms with Crippen LogP contribution in [0.2, 0.25) is 0 Å². The molecule has 2 heterocycles. The molecule has 5 atom stereocenters. The first kappa shape index (κ1) is 38.3. The van der Waals surface area contributed by atoms with Crippen LogP contribution in [-0.4, -0.2) is 89.9 Å². The Morgan fingerprint density at radius 1 is 1.06 bits per heavy atom. The van der Waals surface area contributed by atoms with Crippen molar-refractivity contribution in [3.63, 3.8) is 0 Å². The molecule has 1 aliphatic heterocycles. The highest BCUT2D eigenvalue weighted by atomic mass is 19.4. The second-order valence-electron chi connectivity index (χ2n) is 12.9. The molecule has 0 bridgehead atoms. The van der Waals surface area contributed by atoms with E-state index in [4.69, 9.17) is 18.9 Å². The predicted octanol–water partition coefficient (Wildman–Crippen LogP) is 5.59. The molecular formula is C33H39F5N4O8. The molecule has 2 aliphatic rings. The highest BCUT2D eigenvalue weighted by Gasteiger charge is 2.47. The number of alkyl halides is 5. The number of alkyl carbamates (subject to hydrolysis) is 1. The number of fused-ring (bicyclic) bond motifs is 1. The summed E-state index contributed by atoms with van der Waals surface area (Å²) < 4.78 is 94.4. The summed E-state index contributed by atoms with van der Waals surface area (Å²) in [6.45, 7) is 11.8. The van der Waals surface area contributed by atoms with Crippen LogP contribution in [0, 0.1) is 5.41 Å². The van der Waals surface area contributed by atoms with Gasteiger partial charge in [0.25, 0.3) is 0 Å². The fourth-order valence-electron chi connectivity index (χ4n) is 5.77. The number of amides is 2. The number of aromatic nitrogens is 2.